The van der Waals surface area contributed by atoms with Crippen LogP contribution in [-0.2, 0) is 6.54 Å². The fourth-order valence-electron chi connectivity index (χ4n) is 1.92. The van der Waals surface area contributed by atoms with Crippen LogP contribution >= 0.6 is 15.9 Å². The molecule has 0 radical (unpaired) electrons. The molecule has 0 spiro atoms. The van der Waals surface area contributed by atoms with Gasteiger partial charge in [-0.05, 0) is 46.6 Å². The molecule has 3 heterocycles. The molecular formula is C14H13BrN4. The fraction of sp³-hybridized carbons (Fsp3) is 0.143. The minimum atomic E-state index is 0.685. The normalized spacial score (nSPS) is 10.8. The first-order valence-corrected chi connectivity index (χ1v) is 6.80. The van der Waals surface area contributed by atoms with Gasteiger partial charge in [-0.2, -0.15) is 0 Å². The van der Waals surface area contributed by atoms with Gasteiger partial charge in [0.1, 0.15) is 10.3 Å². The fourth-order valence-corrected chi connectivity index (χ4v) is 2.14. The van der Waals surface area contributed by atoms with Crippen molar-refractivity contribution in [3.63, 3.8) is 0 Å². The van der Waals surface area contributed by atoms with Crippen molar-refractivity contribution in [3.05, 3.63) is 58.7 Å². The van der Waals surface area contributed by atoms with E-state index in [-0.39, 0.29) is 0 Å². The zero-order valence-corrected chi connectivity index (χ0v) is 12.1. The van der Waals surface area contributed by atoms with Crippen LogP contribution in [0, 0.1) is 6.92 Å². The molecule has 0 aliphatic rings. The third-order valence-electron chi connectivity index (χ3n) is 2.90. The quantitative estimate of drug-likeness (QED) is 0.753. The Hall–Kier alpha value is -1.88. The van der Waals surface area contributed by atoms with Gasteiger partial charge in [0.15, 0.2) is 0 Å². The minimum absolute atomic E-state index is 0.685. The van der Waals surface area contributed by atoms with Gasteiger partial charge in [0, 0.05) is 12.4 Å². The lowest BCUT2D eigenvalue weighted by Gasteiger charge is -2.05. The largest absolute Gasteiger partial charge is 0.378 e. The van der Waals surface area contributed by atoms with Gasteiger partial charge in [-0.3, -0.25) is 0 Å². The number of pyridine rings is 2. The second kappa shape index (κ2) is 5.01. The van der Waals surface area contributed by atoms with E-state index in [0.717, 1.165) is 27.2 Å². The summed E-state index contributed by atoms with van der Waals surface area (Å²) in [4.78, 5) is 8.80. The van der Waals surface area contributed by atoms with E-state index in [1.807, 2.05) is 48.1 Å². The van der Waals surface area contributed by atoms with Crippen LogP contribution in [0.1, 0.15) is 11.3 Å². The molecule has 0 aliphatic carbocycles. The number of halogens is 1. The summed E-state index contributed by atoms with van der Waals surface area (Å²) in [7, 11) is 0. The van der Waals surface area contributed by atoms with Crippen molar-refractivity contribution in [2.75, 3.05) is 5.32 Å². The Morgan fingerprint density at radius 3 is 3.05 bits per heavy atom. The standard InChI is InChI=1S/C14H13BrN4/c1-10-6-11(7-17-14(10)15)16-8-12-9-19-5-3-2-4-13(19)18-12/h2-7,9,16H,8H2,1H3. The zero-order valence-electron chi connectivity index (χ0n) is 10.5. The maximum atomic E-state index is 4.54. The molecule has 5 heteroatoms. The first-order valence-electron chi connectivity index (χ1n) is 6.01. The van der Waals surface area contributed by atoms with Crippen LogP contribution in [0.5, 0.6) is 0 Å². The average Bonchev–Trinajstić information content (AvgIpc) is 2.83. The highest BCUT2D eigenvalue weighted by Gasteiger charge is 2.02. The lowest BCUT2D eigenvalue weighted by molar-refractivity contribution is 1.07. The molecule has 0 aromatic carbocycles. The van der Waals surface area contributed by atoms with Crippen molar-refractivity contribution >= 4 is 27.3 Å². The van der Waals surface area contributed by atoms with Gasteiger partial charge in [-0.25, -0.2) is 9.97 Å². The number of anilines is 1. The second-order valence-electron chi connectivity index (χ2n) is 4.38. The highest BCUT2D eigenvalue weighted by atomic mass is 79.9. The molecule has 4 nitrogen and oxygen atoms in total. The van der Waals surface area contributed by atoms with E-state index in [4.69, 9.17) is 0 Å². The van der Waals surface area contributed by atoms with Crippen molar-refractivity contribution in [1.29, 1.82) is 0 Å². The first kappa shape index (κ1) is 12.2. The number of aromatic nitrogens is 3. The predicted molar refractivity (Wildman–Crippen MR) is 79.2 cm³/mol. The van der Waals surface area contributed by atoms with Gasteiger partial charge in [0.2, 0.25) is 0 Å². The SMILES string of the molecule is Cc1cc(NCc2cn3ccccc3n2)cnc1Br. The third-order valence-corrected chi connectivity index (χ3v) is 3.73. The number of fused-ring (bicyclic) bond motifs is 1. The molecule has 0 atom stereocenters. The first-order chi connectivity index (χ1) is 9.22. The van der Waals surface area contributed by atoms with Crippen LogP contribution in [0.25, 0.3) is 5.65 Å². The summed E-state index contributed by atoms with van der Waals surface area (Å²) in [6.07, 6.45) is 5.84. The second-order valence-corrected chi connectivity index (χ2v) is 5.13. The van der Waals surface area contributed by atoms with Gasteiger partial charge in [-0.15, -0.1) is 0 Å². The third kappa shape index (κ3) is 2.61. The molecule has 3 aromatic rings. The topological polar surface area (TPSA) is 42.2 Å². The highest BCUT2D eigenvalue weighted by Crippen LogP contribution is 2.17. The van der Waals surface area contributed by atoms with Gasteiger partial charge in [0.25, 0.3) is 0 Å². The van der Waals surface area contributed by atoms with Crippen LogP contribution in [0.4, 0.5) is 5.69 Å². The van der Waals surface area contributed by atoms with Crippen molar-refractivity contribution in [3.8, 4) is 0 Å². The van der Waals surface area contributed by atoms with Gasteiger partial charge < -0.3 is 9.72 Å². The van der Waals surface area contributed by atoms with E-state index in [1.165, 1.54) is 0 Å². The van der Waals surface area contributed by atoms with E-state index in [2.05, 4.69) is 37.3 Å². The maximum Gasteiger partial charge on any atom is 0.137 e. The smallest absolute Gasteiger partial charge is 0.137 e. The molecule has 3 aromatic heterocycles. The van der Waals surface area contributed by atoms with E-state index < -0.39 is 0 Å². The van der Waals surface area contributed by atoms with Gasteiger partial charge >= 0.3 is 0 Å². The molecular weight excluding hydrogens is 304 g/mol. The van der Waals surface area contributed by atoms with Crippen LogP contribution < -0.4 is 5.32 Å². The Labute approximate surface area is 119 Å². The molecule has 96 valence electrons. The van der Waals surface area contributed by atoms with Gasteiger partial charge in [0.05, 0.1) is 24.1 Å². The molecule has 0 amide bonds. The Balaban J connectivity index is 1.76. The number of nitrogens with zero attached hydrogens (tertiary/aromatic N) is 3. The van der Waals surface area contributed by atoms with Crippen molar-refractivity contribution in [2.45, 2.75) is 13.5 Å². The Morgan fingerprint density at radius 2 is 2.26 bits per heavy atom. The van der Waals surface area contributed by atoms with Crippen LogP contribution in [0.2, 0.25) is 0 Å². The number of hydrogen-bond donors (Lipinski definition) is 1. The summed E-state index contributed by atoms with van der Waals surface area (Å²) in [5.74, 6) is 0. The van der Waals surface area contributed by atoms with Crippen molar-refractivity contribution in [1.82, 2.24) is 14.4 Å². The number of aryl methyl sites for hydroxylation is 1. The molecule has 19 heavy (non-hydrogen) atoms. The Kier molecular flexibility index (Phi) is 3.21. The van der Waals surface area contributed by atoms with Gasteiger partial charge in [-0.1, -0.05) is 6.07 Å². The molecule has 0 saturated heterocycles. The summed E-state index contributed by atoms with van der Waals surface area (Å²) in [6.45, 7) is 2.71. The molecule has 0 fully saturated rings. The lowest BCUT2D eigenvalue weighted by atomic mass is 10.3. The van der Waals surface area contributed by atoms with E-state index in [0.29, 0.717) is 6.54 Å². The summed E-state index contributed by atoms with van der Waals surface area (Å²) >= 11 is 3.39. The van der Waals surface area contributed by atoms with Crippen molar-refractivity contribution < 1.29 is 0 Å². The summed E-state index contributed by atoms with van der Waals surface area (Å²) in [6, 6.07) is 8.04. The molecule has 3 rings (SSSR count). The van der Waals surface area contributed by atoms with E-state index in [9.17, 15) is 0 Å². The Bertz CT molecular complexity index is 687. The number of nitrogens with one attached hydrogen (secondary N) is 1. The highest BCUT2D eigenvalue weighted by molar-refractivity contribution is 9.10. The molecule has 0 bridgehead atoms. The van der Waals surface area contributed by atoms with Crippen LogP contribution in [-0.4, -0.2) is 14.4 Å². The monoisotopic (exact) mass is 316 g/mol. The molecule has 0 unspecified atom stereocenters. The summed E-state index contributed by atoms with van der Waals surface area (Å²) in [5.41, 5.74) is 4.08. The van der Waals surface area contributed by atoms with Crippen molar-refractivity contribution in [2.24, 2.45) is 0 Å². The number of imidazole rings is 1. The number of rotatable bonds is 3. The predicted octanol–water partition coefficient (Wildman–Crippen LogP) is 3.41. The lowest BCUT2D eigenvalue weighted by Crippen LogP contribution is -2.00. The van der Waals surface area contributed by atoms with Crippen LogP contribution in [0.3, 0.4) is 0 Å². The molecule has 0 aliphatic heterocycles. The van der Waals surface area contributed by atoms with E-state index >= 15 is 0 Å². The Morgan fingerprint density at radius 1 is 1.37 bits per heavy atom. The number of hydrogen-bond acceptors (Lipinski definition) is 3. The minimum Gasteiger partial charge on any atom is -0.378 e. The van der Waals surface area contributed by atoms with Crippen LogP contribution in [0.15, 0.2) is 47.5 Å². The summed E-state index contributed by atoms with van der Waals surface area (Å²) < 4.78 is 2.90. The summed E-state index contributed by atoms with van der Waals surface area (Å²) in [5, 5.41) is 3.33. The zero-order chi connectivity index (χ0) is 13.2. The molecule has 1 N–H and O–H groups in total. The van der Waals surface area contributed by atoms with E-state index in [1.54, 1.807) is 0 Å². The average molecular weight is 317 g/mol. The molecule has 0 saturated carbocycles. The maximum absolute atomic E-state index is 4.54.